The summed E-state index contributed by atoms with van der Waals surface area (Å²) in [7, 11) is 2.82. The van der Waals surface area contributed by atoms with Gasteiger partial charge in [-0.25, -0.2) is 0 Å². The fourth-order valence-electron chi connectivity index (χ4n) is 0.100. The average molecular weight is 257 g/mol. The van der Waals surface area contributed by atoms with Crippen LogP contribution in [0, 0.1) is 0 Å². The van der Waals surface area contributed by atoms with Crippen molar-refractivity contribution in [3.8, 4) is 0 Å². The summed E-state index contributed by atoms with van der Waals surface area (Å²) >= 11 is 0. The van der Waals surface area contributed by atoms with Gasteiger partial charge < -0.3 is 15.4 Å². The van der Waals surface area contributed by atoms with E-state index in [0.717, 1.165) is 0 Å². The first-order valence-corrected chi connectivity index (χ1v) is 1.55. The second kappa shape index (κ2) is 12.5. The molecule has 0 radical (unpaired) electrons. The molecule has 0 N–H and O–H groups in total. The minimum atomic E-state index is -0.407. The molecule has 0 spiro atoms. The van der Waals surface area contributed by atoms with Crippen molar-refractivity contribution in [3.63, 3.8) is 0 Å². The summed E-state index contributed by atoms with van der Waals surface area (Å²) in [6.07, 6.45) is 0. The largest absolute Gasteiger partial charge is 1.00 e. The van der Waals surface area contributed by atoms with Crippen LogP contribution in [0.2, 0.25) is 0 Å². The van der Waals surface area contributed by atoms with Crippen molar-refractivity contribution in [2.75, 3.05) is 14.1 Å². The third-order valence-electron chi connectivity index (χ3n) is 0.383. The Morgan fingerprint density at radius 2 is 1.38 bits per heavy atom. The molecular formula is C3H6N2ORb2. The zero-order valence-corrected chi connectivity index (χ0v) is 15.6. The Morgan fingerprint density at radius 3 is 1.38 bits per heavy atom. The summed E-state index contributed by atoms with van der Waals surface area (Å²) in [4.78, 5) is 9.85. The quantitative estimate of drug-likeness (QED) is 0.429. The Hall–Kier alpha value is 2.88. The van der Waals surface area contributed by atoms with Crippen molar-refractivity contribution in [3.05, 3.63) is 10.6 Å². The van der Waals surface area contributed by atoms with Gasteiger partial charge in [0.1, 0.15) is 0 Å². The summed E-state index contributed by atoms with van der Waals surface area (Å²) in [5.41, 5.74) is 0. The normalized spacial score (nSPS) is 5.25. The maximum absolute atomic E-state index is 9.85. The summed E-state index contributed by atoms with van der Waals surface area (Å²) in [6, 6.07) is -0.407. The Balaban J connectivity index is -0.000000125. The molecular weight excluding hydrogens is 251 g/mol. The van der Waals surface area contributed by atoms with Crippen LogP contribution in [0.3, 0.4) is 0 Å². The van der Waals surface area contributed by atoms with E-state index in [1.807, 2.05) is 0 Å². The van der Waals surface area contributed by atoms with Crippen molar-refractivity contribution < 1.29 is 121 Å². The Kier molecular flexibility index (Phi) is 26.8. The summed E-state index contributed by atoms with van der Waals surface area (Å²) in [5.74, 6) is 0. The van der Waals surface area contributed by atoms with Crippen molar-refractivity contribution in [1.29, 1.82) is 0 Å². The first kappa shape index (κ1) is 17.1. The number of nitrogens with zero attached hydrogens (tertiary/aromatic N) is 2. The fourth-order valence-corrected chi connectivity index (χ4v) is 0.100. The molecule has 0 unspecified atom stereocenters. The van der Waals surface area contributed by atoms with E-state index < -0.39 is 6.03 Å². The van der Waals surface area contributed by atoms with Gasteiger partial charge in [-0.1, -0.05) is 0 Å². The zero-order valence-electron chi connectivity index (χ0n) is 5.80. The van der Waals surface area contributed by atoms with Gasteiger partial charge >= 0.3 is 116 Å². The summed E-state index contributed by atoms with van der Waals surface area (Å²) in [6.45, 7) is 0. The van der Waals surface area contributed by atoms with Crippen LogP contribution in [-0.4, -0.2) is 20.1 Å². The molecule has 0 aliphatic rings. The smallest absolute Gasteiger partial charge is 0.672 e. The Morgan fingerprint density at radius 1 is 1.12 bits per heavy atom. The van der Waals surface area contributed by atoms with Crippen LogP contribution < -0.4 is 116 Å². The van der Waals surface area contributed by atoms with Gasteiger partial charge in [0.25, 0.3) is 0 Å². The van der Waals surface area contributed by atoms with Crippen LogP contribution in [0.4, 0.5) is 4.79 Å². The van der Waals surface area contributed by atoms with E-state index in [-0.39, 0.29) is 116 Å². The zero-order chi connectivity index (χ0) is 4.99. The van der Waals surface area contributed by atoms with Crippen molar-refractivity contribution in [1.82, 2.24) is 0 Å². The van der Waals surface area contributed by atoms with Crippen LogP contribution in [0.1, 0.15) is 0 Å². The SMILES string of the molecule is C[N-]C(=O)[N-]C.[Rb+].[Rb+]. The first-order chi connectivity index (χ1) is 2.81. The minimum absolute atomic E-state index is 0. The van der Waals surface area contributed by atoms with E-state index in [1.165, 1.54) is 14.1 Å². The van der Waals surface area contributed by atoms with E-state index in [2.05, 4.69) is 10.6 Å². The molecule has 0 aromatic heterocycles. The van der Waals surface area contributed by atoms with Crippen LogP contribution in [0.5, 0.6) is 0 Å². The number of rotatable bonds is 0. The molecule has 0 rings (SSSR count). The van der Waals surface area contributed by atoms with E-state index >= 15 is 0 Å². The number of hydrogen-bond donors (Lipinski definition) is 0. The molecule has 0 aromatic rings. The average Bonchev–Trinajstić information content (AvgIpc) is 1.65. The van der Waals surface area contributed by atoms with E-state index in [1.54, 1.807) is 0 Å². The van der Waals surface area contributed by atoms with Crippen molar-refractivity contribution in [2.24, 2.45) is 0 Å². The second-order valence-corrected chi connectivity index (χ2v) is 0.730. The molecule has 0 aliphatic carbocycles. The van der Waals surface area contributed by atoms with Crippen LogP contribution in [0.15, 0.2) is 0 Å². The van der Waals surface area contributed by atoms with Crippen LogP contribution in [-0.2, 0) is 0 Å². The monoisotopic (exact) mass is 256 g/mol. The van der Waals surface area contributed by atoms with Gasteiger partial charge in [-0.05, 0) is 6.03 Å². The third kappa shape index (κ3) is 11.6. The van der Waals surface area contributed by atoms with Crippen LogP contribution in [0.25, 0.3) is 10.6 Å². The maximum Gasteiger partial charge on any atom is 1.00 e. The van der Waals surface area contributed by atoms with E-state index in [9.17, 15) is 4.79 Å². The first-order valence-electron chi connectivity index (χ1n) is 1.55. The predicted molar refractivity (Wildman–Crippen MR) is 24.0 cm³/mol. The molecule has 0 aromatic carbocycles. The molecule has 0 saturated carbocycles. The van der Waals surface area contributed by atoms with Gasteiger partial charge in [-0.2, -0.15) is 0 Å². The Labute approximate surface area is 147 Å². The molecule has 8 heavy (non-hydrogen) atoms. The topological polar surface area (TPSA) is 45.3 Å². The summed E-state index contributed by atoms with van der Waals surface area (Å²) in [5, 5.41) is 6.40. The van der Waals surface area contributed by atoms with Crippen molar-refractivity contribution >= 4 is 6.03 Å². The Bertz CT molecular complexity index is 53.2. The number of amides is 2. The van der Waals surface area contributed by atoms with E-state index in [4.69, 9.17) is 0 Å². The number of urea groups is 1. The van der Waals surface area contributed by atoms with Gasteiger partial charge in [0.15, 0.2) is 0 Å². The molecule has 0 aliphatic heterocycles. The molecule has 0 atom stereocenters. The molecule has 3 nitrogen and oxygen atoms in total. The van der Waals surface area contributed by atoms with Gasteiger partial charge in [0.2, 0.25) is 0 Å². The number of carbonyl (C=O) groups excluding carboxylic acids is 1. The molecule has 0 fully saturated rings. The number of hydrogen-bond acceptors (Lipinski definition) is 1. The third-order valence-corrected chi connectivity index (χ3v) is 0.383. The minimum Gasteiger partial charge on any atom is -0.672 e. The molecule has 36 valence electrons. The van der Waals surface area contributed by atoms with Gasteiger partial charge in [-0.15, -0.1) is 14.1 Å². The summed E-state index contributed by atoms with van der Waals surface area (Å²) < 4.78 is 0. The van der Waals surface area contributed by atoms with Crippen LogP contribution >= 0.6 is 0 Å². The molecule has 0 heterocycles. The molecule has 0 saturated heterocycles. The predicted octanol–water partition coefficient (Wildman–Crippen LogP) is -4.88. The standard InChI is InChI=1S/C3H7N2O.2Rb/c1-4-3(6)5-2;;/h1-2H3,(H-,4,5,6);;/q-1;2*+1/p-1. The van der Waals surface area contributed by atoms with E-state index in [0.29, 0.717) is 0 Å². The number of carbonyl (C=O) groups is 1. The van der Waals surface area contributed by atoms with Gasteiger partial charge in [0.05, 0.1) is 0 Å². The van der Waals surface area contributed by atoms with Gasteiger partial charge in [-0.3, -0.25) is 0 Å². The van der Waals surface area contributed by atoms with Crippen molar-refractivity contribution in [2.45, 2.75) is 0 Å². The molecule has 5 heteroatoms. The second-order valence-electron chi connectivity index (χ2n) is 0.730. The maximum atomic E-state index is 9.85. The molecule has 2 amide bonds. The molecule has 0 bridgehead atoms. The fraction of sp³-hybridized carbons (Fsp3) is 0.667. The van der Waals surface area contributed by atoms with Gasteiger partial charge in [0, 0.05) is 0 Å².